The van der Waals surface area contributed by atoms with Crippen molar-refractivity contribution in [3.05, 3.63) is 59.5 Å². The second-order valence-corrected chi connectivity index (χ2v) is 7.61. The Morgan fingerprint density at radius 2 is 1.90 bits per heavy atom. The average molecular weight is 407 g/mol. The number of piperidine rings is 1. The number of H-pyrrole nitrogens is 1. The number of aromatic nitrogens is 3. The molecule has 0 aliphatic carbocycles. The summed E-state index contributed by atoms with van der Waals surface area (Å²) < 4.78 is 5.52. The van der Waals surface area contributed by atoms with Gasteiger partial charge in [0.15, 0.2) is 0 Å². The van der Waals surface area contributed by atoms with Crippen LogP contribution >= 0.6 is 0 Å². The summed E-state index contributed by atoms with van der Waals surface area (Å²) in [6, 6.07) is 9.64. The molecular formula is C22H25N5O3. The van der Waals surface area contributed by atoms with Crippen molar-refractivity contribution in [3.8, 4) is 11.5 Å². The average Bonchev–Trinajstić information content (AvgIpc) is 3.35. The first-order valence-corrected chi connectivity index (χ1v) is 10.1. The van der Waals surface area contributed by atoms with Gasteiger partial charge in [0.05, 0.1) is 12.1 Å². The van der Waals surface area contributed by atoms with Gasteiger partial charge >= 0.3 is 0 Å². The van der Waals surface area contributed by atoms with Gasteiger partial charge in [-0.1, -0.05) is 18.2 Å². The lowest BCUT2D eigenvalue weighted by Gasteiger charge is -2.32. The molecule has 0 bridgehead atoms. The molecule has 1 saturated heterocycles. The van der Waals surface area contributed by atoms with Gasteiger partial charge in [-0.2, -0.15) is 0 Å². The molecule has 3 heterocycles. The number of carbonyl (C=O) groups is 2. The summed E-state index contributed by atoms with van der Waals surface area (Å²) >= 11 is 0. The van der Waals surface area contributed by atoms with Crippen LogP contribution in [0, 0.1) is 13.8 Å². The van der Waals surface area contributed by atoms with E-state index >= 15 is 0 Å². The van der Waals surface area contributed by atoms with Crippen LogP contribution in [0.1, 0.15) is 40.5 Å². The maximum absolute atomic E-state index is 12.7. The quantitative estimate of drug-likeness (QED) is 0.677. The van der Waals surface area contributed by atoms with Gasteiger partial charge in [0.25, 0.3) is 5.91 Å². The molecule has 2 amide bonds. The Bertz CT molecular complexity index is 1030. The summed E-state index contributed by atoms with van der Waals surface area (Å²) in [6.45, 7) is 4.87. The van der Waals surface area contributed by atoms with Crippen LogP contribution in [0.15, 0.2) is 41.0 Å². The van der Waals surface area contributed by atoms with Crippen molar-refractivity contribution >= 4 is 11.8 Å². The number of rotatable bonds is 5. The summed E-state index contributed by atoms with van der Waals surface area (Å²) in [6.07, 6.45) is 3.18. The lowest BCUT2D eigenvalue weighted by Crippen LogP contribution is -2.47. The first-order chi connectivity index (χ1) is 14.5. The molecule has 8 nitrogen and oxygen atoms in total. The number of likely N-dealkylation sites (tertiary alicyclic amines) is 1. The minimum Gasteiger partial charge on any atom is -0.444 e. The number of amides is 2. The van der Waals surface area contributed by atoms with E-state index in [0.29, 0.717) is 43.2 Å². The Morgan fingerprint density at radius 1 is 1.17 bits per heavy atom. The fourth-order valence-electron chi connectivity index (χ4n) is 3.73. The van der Waals surface area contributed by atoms with E-state index in [2.05, 4.69) is 20.3 Å². The zero-order valence-corrected chi connectivity index (χ0v) is 17.1. The topological polar surface area (TPSA) is 104 Å². The fraction of sp³-hybridized carbons (Fsp3) is 0.364. The van der Waals surface area contributed by atoms with Gasteiger partial charge in [0.1, 0.15) is 17.8 Å². The summed E-state index contributed by atoms with van der Waals surface area (Å²) in [5.74, 6) is 1.09. The lowest BCUT2D eigenvalue weighted by atomic mass is 10.0. The maximum atomic E-state index is 12.7. The van der Waals surface area contributed by atoms with Gasteiger partial charge < -0.3 is 19.6 Å². The molecule has 0 atom stereocenters. The second-order valence-electron chi connectivity index (χ2n) is 7.61. The number of aryl methyl sites for hydroxylation is 2. The van der Waals surface area contributed by atoms with Crippen LogP contribution in [-0.4, -0.2) is 50.8 Å². The maximum Gasteiger partial charge on any atom is 0.271 e. The van der Waals surface area contributed by atoms with Crippen molar-refractivity contribution in [2.45, 2.75) is 39.2 Å². The fourth-order valence-corrected chi connectivity index (χ4v) is 3.73. The normalized spacial score (nSPS) is 14.7. The van der Waals surface area contributed by atoms with Gasteiger partial charge in [0.2, 0.25) is 11.8 Å². The van der Waals surface area contributed by atoms with E-state index in [1.807, 2.05) is 49.1 Å². The third kappa shape index (κ3) is 4.42. The van der Waals surface area contributed by atoms with Gasteiger partial charge in [-0.3, -0.25) is 9.59 Å². The van der Waals surface area contributed by atoms with Gasteiger partial charge in [-0.05, 0) is 38.8 Å². The Kier molecular flexibility index (Phi) is 5.65. The smallest absolute Gasteiger partial charge is 0.271 e. The van der Waals surface area contributed by atoms with E-state index < -0.39 is 0 Å². The van der Waals surface area contributed by atoms with Gasteiger partial charge in [-0.25, -0.2) is 9.97 Å². The van der Waals surface area contributed by atoms with E-state index in [0.717, 1.165) is 17.1 Å². The SMILES string of the molecule is Cc1nc(C(=O)NC2CCN(C(=O)Cc3coc(-c4ccccc4)n3)CC2)c(C)[nH]1. The third-order valence-corrected chi connectivity index (χ3v) is 5.31. The first kappa shape index (κ1) is 19.9. The van der Waals surface area contributed by atoms with E-state index in [4.69, 9.17) is 4.42 Å². The van der Waals surface area contributed by atoms with E-state index in [-0.39, 0.29) is 24.3 Å². The molecule has 1 aliphatic heterocycles. The van der Waals surface area contributed by atoms with E-state index in [1.165, 1.54) is 0 Å². The number of hydrogen-bond acceptors (Lipinski definition) is 5. The minimum atomic E-state index is -0.169. The molecule has 1 aliphatic rings. The standard InChI is InChI=1S/C22H25N5O3/c1-14-20(24-15(2)23-14)21(29)25-17-8-10-27(11-9-17)19(28)12-18-13-30-22(26-18)16-6-4-3-5-7-16/h3-7,13,17H,8-12H2,1-2H3,(H,23,24)(H,25,29). The Hall–Kier alpha value is -3.42. The highest BCUT2D eigenvalue weighted by molar-refractivity contribution is 5.93. The zero-order valence-electron chi connectivity index (χ0n) is 17.1. The van der Waals surface area contributed by atoms with Crippen LogP contribution in [0.5, 0.6) is 0 Å². The molecule has 4 rings (SSSR count). The monoisotopic (exact) mass is 407 g/mol. The number of hydrogen-bond donors (Lipinski definition) is 2. The third-order valence-electron chi connectivity index (χ3n) is 5.31. The van der Waals surface area contributed by atoms with Crippen LogP contribution in [0.25, 0.3) is 11.5 Å². The van der Waals surface area contributed by atoms with Crippen molar-refractivity contribution < 1.29 is 14.0 Å². The molecule has 0 spiro atoms. The first-order valence-electron chi connectivity index (χ1n) is 10.1. The molecule has 0 radical (unpaired) electrons. The summed E-state index contributed by atoms with van der Waals surface area (Å²) in [5, 5.41) is 3.03. The van der Waals surface area contributed by atoms with Gasteiger partial charge in [-0.15, -0.1) is 0 Å². The predicted octanol–water partition coefficient (Wildman–Crippen LogP) is 2.65. The summed E-state index contributed by atoms with van der Waals surface area (Å²) in [5.41, 5.74) is 2.71. The predicted molar refractivity (Wildman–Crippen MR) is 111 cm³/mol. The lowest BCUT2D eigenvalue weighted by molar-refractivity contribution is -0.131. The van der Waals surface area contributed by atoms with Crippen molar-refractivity contribution in [2.24, 2.45) is 0 Å². The number of aromatic amines is 1. The Morgan fingerprint density at radius 3 is 2.57 bits per heavy atom. The highest BCUT2D eigenvalue weighted by Gasteiger charge is 2.26. The molecular weight excluding hydrogens is 382 g/mol. The summed E-state index contributed by atoms with van der Waals surface area (Å²) in [4.78, 5) is 38.6. The molecule has 8 heteroatoms. The zero-order chi connectivity index (χ0) is 21.1. The number of imidazole rings is 1. The van der Waals surface area contributed by atoms with Crippen molar-refractivity contribution in [3.63, 3.8) is 0 Å². The molecule has 1 fully saturated rings. The van der Waals surface area contributed by atoms with Crippen LogP contribution in [-0.2, 0) is 11.2 Å². The highest BCUT2D eigenvalue weighted by Crippen LogP contribution is 2.19. The molecule has 30 heavy (non-hydrogen) atoms. The molecule has 3 aromatic rings. The number of nitrogens with zero attached hydrogens (tertiary/aromatic N) is 3. The molecule has 0 unspecified atom stereocenters. The van der Waals surface area contributed by atoms with Crippen LogP contribution in [0.2, 0.25) is 0 Å². The van der Waals surface area contributed by atoms with Crippen LogP contribution < -0.4 is 5.32 Å². The van der Waals surface area contributed by atoms with Crippen molar-refractivity contribution in [1.82, 2.24) is 25.2 Å². The Balaban J connectivity index is 1.28. The molecule has 156 valence electrons. The van der Waals surface area contributed by atoms with E-state index in [9.17, 15) is 9.59 Å². The Labute approximate surface area is 174 Å². The van der Waals surface area contributed by atoms with Crippen molar-refractivity contribution in [1.29, 1.82) is 0 Å². The largest absolute Gasteiger partial charge is 0.444 e. The van der Waals surface area contributed by atoms with E-state index in [1.54, 1.807) is 6.26 Å². The number of carbonyl (C=O) groups excluding carboxylic acids is 2. The molecule has 2 N–H and O–H groups in total. The number of benzene rings is 1. The molecule has 2 aromatic heterocycles. The summed E-state index contributed by atoms with van der Waals surface area (Å²) in [7, 11) is 0. The number of nitrogens with one attached hydrogen (secondary N) is 2. The second kappa shape index (κ2) is 8.52. The minimum absolute atomic E-state index is 0.0199. The van der Waals surface area contributed by atoms with Crippen LogP contribution in [0.4, 0.5) is 0 Å². The molecule has 1 aromatic carbocycles. The van der Waals surface area contributed by atoms with Gasteiger partial charge in [0, 0.05) is 30.4 Å². The van der Waals surface area contributed by atoms with Crippen molar-refractivity contribution in [2.75, 3.05) is 13.1 Å². The molecule has 0 saturated carbocycles. The van der Waals surface area contributed by atoms with Crippen LogP contribution in [0.3, 0.4) is 0 Å². The highest BCUT2D eigenvalue weighted by atomic mass is 16.3. The number of oxazole rings is 1.